The van der Waals surface area contributed by atoms with Gasteiger partial charge in [0.1, 0.15) is 0 Å². The number of nitrogens with one attached hydrogen (secondary N) is 2. The molecule has 0 amide bonds. The van der Waals surface area contributed by atoms with Gasteiger partial charge in [0.05, 0.1) is 10.5 Å². The van der Waals surface area contributed by atoms with Gasteiger partial charge in [-0.1, -0.05) is 23.7 Å². The first-order chi connectivity index (χ1) is 8.25. The maximum Gasteiger partial charge on any atom is 0.0648 e. The molecule has 1 atom stereocenters. The minimum Gasteiger partial charge on any atom is -0.357 e. The molecule has 0 radical (unpaired) electrons. The van der Waals surface area contributed by atoms with Crippen LogP contribution in [-0.2, 0) is 6.42 Å². The van der Waals surface area contributed by atoms with Crippen LogP contribution in [0.15, 0.2) is 18.2 Å². The molecular formula is C14H17ClN2. The van der Waals surface area contributed by atoms with Crippen molar-refractivity contribution in [2.24, 2.45) is 5.92 Å². The molecule has 1 unspecified atom stereocenters. The maximum absolute atomic E-state index is 6.22. The van der Waals surface area contributed by atoms with Crippen LogP contribution in [0.25, 0.3) is 10.9 Å². The SMILES string of the molecule is Cc1[nH]c2c(Cl)cccc2c1CC1CCNC1. The van der Waals surface area contributed by atoms with Gasteiger partial charge in [-0.15, -0.1) is 0 Å². The van der Waals surface area contributed by atoms with Crippen LogP contribution in [-0.4, -0.2) is 18.1 Å². The highest BCUT2D eigenvalue weighted by atomic mass is 35.5. The van der Waals surface area contributed by atoms with Crippen LogP contribution in [0, 0.1) is 12.8 Å². The largest absolute Gasteiger partial charge is 0.357 e. The third-order valence-corrected chi connectivity index (χ3v) is 4.07. The molecular weight excluding hydrogens is 232 g/mol. The highest BCUT2D eigenvalue weighted by Crippen LogP contribution is 2.30. The van der Waals surface area contributed by atoms with E-state index < -0.39 is 0 Å². The van der Waals surface area contributed by atoms with E-state index in [0.29, 0.717) is 0 Å². The van der Waals surface area contributed by atoms with Crippen LogP contribution in [0.5, 0.6) is 0 Å². The molecule has 90 valence electrons. The summed E-state index contributed by atoms with van der Waals surface area (Å²) in [4.78, 5) is 3.42. The number of fused-ring (bicyclic) bond motifs is 1. The molecule has 1 aromatic heterocycles. The summed E-state index contributed by atoms with van der Waals surface area (Å²) in [6.45, 7) is 4.45. The van der Waals surface area contributed by atoms with Gasteiger partial charge in [0.2, 0.25) is 0 Å². The number of para-hydroxylation sites is 1. The van der Waals surface area contributed by atoms with E-state index >= 15 is 0 Å². The summed E-state index contributed by atoms with van der Waals surface area (Å²) >= 11 is 6.22. The van der Waals surface area contributed by atoms with Crippen molar-refractivity contribution < 1.29 is 0 Å². The molecule has 0 saturated carbocycles. The molecule has 1 fully saturated rings. The first kappa shape index (κ1) is 11.1. The van der Waals surface area contributed by atoms with Crippen molar-refractivity contribution in [3.05, 3.63) is 34.5 Å². The quantitative estimate of drug-likeness (QED) is 0.839. The third kappa shape index (κ3) is 1.96. The number of halogens is 1. The summed E-state index contributed by atoms with van der Waals surface area (Å²) in [5.41, 5.74) is 3.80. The van der Waals surface area contributed by atoms with Gasteiger partial charge in [0, 0.05) is 11.1 Å². The number of hydrogen-bond acceptors (Lipinski definition) is 1. The minimum atomic E-state index is 0.770. The third-order valence-electron chi connectivity index (χ3n) is 3.76. The first-order valence-corrected chi connectivity index (χ1v) is 6.60. The molecule has 1 saturated heterocycles. The fourth-order valence-electron chi connectivity index (χ4n) is 2.81. The number of benzene rings is 1. The Morgan fingerprint density at radius 3 is 3.06 bits per heavy atom. The Balaban J connectivity index is 2.02. The molecule has 3 heteroatoms. The predicted octanol–water partition coefficient (Wildman–Crippen LogP) is 3.28. The minimum absolute atomic E-state index is 0.770. The highest BCUT2D eigenvalue weighted by molar-refractivity contribution is 6.35. The fraction of sp³-hybridized carbons (Fsp3) is 0.429. The molecule has 2 aromatic rings. The molecule has 2 nitrogen and oxygen atoms in total. The summed E-state index contributed by atoms with van der Waals surface area (Å²) in [5.74, 6) is 0.770. The summed E-state index contributed by atoms with van der Waals surface area (Å²) < 4.78 is 0. The maximum atomic E-state index is 6.22. The van der Waals surface area contributed by atoms with E-state index in [9.17, 15) is 0 Å². The Labute approximate surface area is 106 Å². The second kappa shape index (κ2) is 4.35. The molecule has 2 N–H and O–H groups in total. The van der Waals surface area contributed by atoms with Gasteiger partial charge in [-0.2, -0.15) is 0 Å². The Hall–Kier alpha value is -0.990. The molecule has 1 aromatic carbocycles. The van der Waals surface area contributed by atoms with Gasteiger partial charge >= 0.3 is 0 Å². The van der Waals surface area contributed by atoms with Crippen LogP contribution in [0.3, 0.4) is 0 Å². The van der Waals surface area contributed by atoms with Crippen LogP contribution in [0.1, 0.15) is 17.7 Å². The molecule has 1 aliphatic heterocycles. The Kier molecular flexibility index (Phi) is 2.85. The molecule has 0 bridgehead atoms. The van der Waals surface area contributed by atoms with E-state index in [2.05, 4.69) is 23.3 Å². The Morgan fingerprint density at radius 2 is 2.29 bits per heavy atom. The van der Waals surface area contributed by atoms with Crippen molar-refractivity contribution in [2.45, 2.75) is 19.8 Å². The van der Waals surface area contributed by atoms with Crippen LogP contribution >= 0.6 is 11.6 Å². The normalized spacial score (nSPS) is 20.2. The second-order valence-corrected chi connectivity index (χ2v) is 5.36. The Bertz CT molecular complexity index is 538. The van der Waals surface area contributed by atoms with Crippen molar-refractivity contribution >= 4 is 22.5 Å². The highest BCUT2D eigenvalue weighted by Gasteiger charge is 2.18. The van der Waals surface area contributed by atoms with Crippen molar-refractivity contribution in [1.82, 2.24) is 10.3 Å². The summed E-state index contributed by atoms with van der Waals surface area (Å²) in [6.07, 6.45) is 2.44. The van der Waals surface area contributed by atoms with Gasteiger partial charge < -0.3 is 10.3 Å². The standard InChI is InChI=1S/C14H17ClN2/c1-9-12(7-10-5-6-16-8-10)11-3-2-4-13(15)14(11)17-9/h2-4,10,16-17H,5-8H2,1H3. The fourth-order valence-corrected chi connectivity index (χ4v) is 3.03. The van der Waals surface area contributed by atoms with E-state index in [-0.39, 0.29) is 0 Å². The van der Waals surface area contributed by atoms with Crippen molar-refractivity contribution in [2.75, 3.05) is 13.1 Å². The van der Waals surface area contributed by atoms with Crippen molar-refractivity contribution in [1.29, 1.82) is 0 Å². The summed E-state index contributed by atoms with van der Waals surface area (Å²) in [7, 11) is 0. The zero-order chi connectivity index (χ0) is 11.8. The van der Waals surface area contributed by atoms with E-state index in [4.69, 9.17) is 11.6 Å². The number of hydrogen-bond donors (Lipinski definition) is 2. The number of aryl methyl sites for hydroxylation is 1. The zero-order valence-electron chi connectivity index (χ0n) is 10.0. The van der Waals surface area contributed by atoms with Crippen LogP contribution < -0.4 is 5.32 Å². The van der Waals surface area contributed by atoms with E-state index in [1.165, 1.54) is 23.1 Å². The lowest BCUT2D eigenvalue weighted by molar-refractivity contribution is 0.580. The average Bonchev–Trinajstić information content (AvgIpc) is 2.91. The molecule has 17 heavy (non-hydrogen) atoms. The van der Waals surface area contributed by atoms with E-state index in [1.807, 2.05) is 12.1 Å². The lowest BCUT2D eigenvalue weighted by atomic mass is 9.96. The number of aromatic nitrogens is 1. The summed E-state index contributed by atoms with van der Waals surface area (Å²) in [6, 6.07) is 6.15. The Morgan fingerprint density at radius 1 is 1.41 bits per heavy atom. The van der Waals surface area contributed by atoms with Crippen LogP contribution in [0.4, 0.5) is 0 Å². The molecule has 0 spiro atoms. The van der Waals surface area contributed by atoms with Gasteiger partial charge in [-0.25, -0.2) is 0 Å². The smallest absolute Gasteiger partial charge is 0.0648 e. The van der Waals surface area contributed by atoms with Crippen molar-refractivity contribution in [3.8, 4) is 0 Å². The van der Waals surface area contributed by atoms with Crippen LogP contribution in [0.2, 0.25) is 5.02 Å². The lowest BCUT2D eigenvalue weighted by Crippen LogP contribution is -2.11. The predicted molar refractivity (Wildman–Crippen MR) is 72.7 cm³/mol. The molecule has 3 rings (SSSR count). The van der Waals surface area contributed by atoms with Gasteiger partial charge in [-0.3, -0.25) is 0 Å². The van der Waals surface area contributed by atoms with Gasteiger partial charge in [-0.05, 0) is 50.4 Å². The number of aromatic amines is 1. The number of rotatable bonds is 2. The van der Waals surface area contributed by atoms with Gasteiger partial charge in [0.15, 0.2) is 0 Å². The first-order valence-electron chi connectivity index (χ1n) is 6.22. The molecule has 0 aliphatic carbocycles. The zero-order valence-corrected chi connectivity index (χ0v) is 10.8. The van der Waals surface area contributed by atoms with Gasteiger partial charge in [0.25, 0.3) is 0 Å². The second-order valence-electron chi connectivity index (χ2n) is 4.95. The lowest BCUT2D eigenvalue weighted by Gasteiger charge is -2.08. The monoisotopic (exact) mass is 248 g/mol. The summed E-state index contributed by atoms with van der Waals surface area (Å²) in [5, 5.41) is 5.54. The van der Waals surface area contributed by atoms with E-state index in [0.717, 1.165) is 36.0 Å². The molecule has 1 aliphatic rings. The topological polar surface area (TPSA) is 27.8 Å². The van der Waals surface area contributed by atoms with Crippen molar-refractivity contribution in [3.63, 3.8) is 0 Å². The molecule has 2 heterocycles. The van der Waals surface area contributed by atoms with E-state index in [1.54, 1.807) is 0 Å². The number of H-pyrrole nitrogens is 1. The average molecular weight is 249 g/mol.